The predicted molar refractivity (Wildman–Crippen MR) is 64.8 cm³/mol. The molecule has 4 nitrogen and oxygen atoms in total. The van der Waals surface area contributed by atoms with E-state index >= 15 is 0 Å². The molecule has 0 atom stereocenters. The number of nitrogens with zero attached hydrogens (tertiary/aromatic N) is 1. The van der Waals surface area contributed by atoms with Crippen molar-refractivity contribution in [2.75, 3.05) is 7.11 Å². The Morgan fingerprint density at radius 1 is 1.24 bits per heavy atom. The summed E-state index contributed by atoms with van der Waals surface area (Å²) in [6.07, 6.45) is 2.55. The molecule has 0 spiro atoms. The van der Waals surface area contributed by atoms with Crippen LogP contribution >= 0.6 is 0 Å². The van der Waals surface area contributed by atoms with Crippen molar-refractivity contribution in [1.29, 1.82) is 0 Å². The molecule has 17 heavy (non-hydrogen) atoms. The second-order valence-corrected chi connectivity index (χ2v) is 5.19. The molecule has 1 aromatic heterocycles. The van der Waals surface area contributed by atoms with Crippen LogP contribution in [0.4, 0.5) is 0 Å². The van der Waals surface area contributed by atoms with E-state index in [1.165, 1.54) is 0 Å². The van der Waals surface area contributed by atoms with Gasteiger partial charge in [0, 0.05) is 6.07 Å². The van der Waals surface area contributed by atoms with E-state index in [4.69, 9.17) is 14.2 Å². The normalized spacial score (nSPS) is 15.5. The maximum absolute atomic E-state index is 5.79. The maximum Gasteiger partial charge on any atom is 0.260 e. The second kappa shape index (κ2) is 4.43. The van der Waals surface area contributed by atoms with Crippen molar-refractivity contribution in [2.45, 2.75) is 45.3 Å². The highest BCUT2D eigenvalue weighted by molar-refractivity contribution is 5.37. The van der Waals surface area contributed by atoms with E-state index in [9.17, 15) is 0 Å². The molecule has 1 heterocycles. The van der Waals surface area contributed by atoms with E-state index in [1.807, 2.05) is 26.8 Å². The number of hydrogen-bond acceptors (Lipinski definition) is 4. The van der Waals surface area contributed by atoms with Crippen molar-refractivity contribution in [3.05, 3.63) is 12.1 Å². The Morgan fingerprint density at radius 3 is 2.47 bits per heavy atom. The molecule has 0 N–H and O–H groups in total. The minimum absolute atomic E-state index is 0.305. The SMILES string of the molecule is COc1ccc(OC2CC2)c(OC(C)(C)C)n1. The van der Waals surface area contributed by atoms with Crippen LogP contribution in [-0.4, -0.2) is 23.8 Å². The molecule has 1 fully saturated rings. The zero-order valence-corrected chi connectivity index (χ0v) is 10.8. The number of methoxy groups -OCH3 is 1. The standard InChI is InChI=1S/C13H19NO3/c1-13(2,3)17-12-10(16-9-5-6-9)7-8-11(14-12)15-4/h7-9H,5-6H2,1-4H3. The van der Waals surface area contributed by atoms with Crippen molar-refractivity contribution in [3.8, 4) is 17.5 Å². The Bertz CT molecular complexity index is 394. The van der Waals surface area contributed by atoms with Crippen LogP contribution in [-0.2, 0) is 0 Å². The van der Waals surface area contributed by atoms with Gasteiger partial charge in [-0.2, -0.15) is 4.98 Å². The molecule has 0 radical (unpaired) electrons. The Labute approximate surface area is 102 Å². The summed E-state index contributed by atoms with van der Waals surface area (Å²) in [6.45, 7) is 5.94. The molecule has 0 saturated heterocycles. The monoisotopic (exact) mass is 237 g/mol. The Balaban J connectivity index is 2.22. The third-order valence-corrected chi connectivity index (χ3v) is 2.23. The van der Waals surface area contributed by atoms with Crippen LogP contribution < -0.4 is 14.2 Å². The van der Waals surface area contributed by atoms with Gasteiger partial charge in [0.1, 0.15) is 5.60 Å². The summed E-state index contributed by atoms with van der Waals surface area (Å²) in [4.78, 5) is 4.29. The van der Waals surface area contributed by atoms with E-state index in [-0.39, 0.29) is 5.60 Å². The number of rotatable bonds is 4. The van der Waals surface area contributed by atoms with E-state index in [0.717, 1.165) is 12.8 Å². The summed E-state index contributed by atoms with van der Waals surface area (Å²) in [5, 5.41) is 0. The summed E-state index contributed by atoms with van der Waals surface area (Å²) < 4.78 is 16.6. The lowest BCUT2D eigenvalue weighted by Crippen LogP contribution is -2.24. The van der Waals surface area contributed by atoms with Crippen LogP contribution in [0.5, 0.6) is 17.5 Å². The van der Waals surface area contributed by atoms with E-state index in [0.29, 0.717) is 23.6 Å². The molecular formula is C13H19NO3. The number of ether oxygens (including phenoxy) is 3. The smallest absolute Gasteiger partial charge is 0.260 e. The van der Waals surface area contributed by atoms with Gasteiger partial charge in [0.05, 0.1) is 13.2 Å². The van der Waals surface area contributed by atoms with Gasteiger partial charge in [0.2, 0.25) is 5.88 Å². The predicted octanol–water partition coefficient (Wildman–Crippen LogP) is 2.81. The van der Waals surface area contributed by atoms with Gasteiger partial charge in [-0.05, 0) is 39.7 Å². The quantitative estimate of drug-likeness (QED) is 0.807. The van der Waals surface area contributed by atoms with Crippen molar-refractivity contribution in [1.82, 2.24) is 4.98 Å². The van der Waals surface area contributed by atoms with Crippen molar-refractivity contribution in [3.63, 3.8) is 0 Å². The first kappa shape index (κ1) is 12.0. The third-order valence-electron chi connectivity index (χ3n) is 2.23. The van der Waals surface area contributed by atoms with Gasteiger partial charge in [-0.1, -0.05) is 0 Å². The first-order chi connectivity index (χ1) is 7.98. The van der Waals surface area contributed by atoms with Crippen LogP contribution in [0.3, 0.4) is 0 Å². The fourth-order valence-electron chi connectivity index (χ4n) is 1.34. The fraction of sp³-hybridized carbons (Fsp3) is 0.615. The average Bonchev–Trinajstić information content (AvgIpc) is 3.02. The molecule has 0 aromatic carbocycles. The molecule has 0 amide bonds. The second-order valence-electron chi connectivity index (χ2n) is 5.19. The summed E-state index contributed by atoms with van der Waals surface area (Å²) in [7, 11) is 1.59. The van der Waals surface area contributed by atoms with Crippen LogP contribution in [0.1, 0.15) is 33.6 Å². The number of aromatic nitrogens is 1. The lowest BCUT2D eigenvalue weighted by atomic mass is 10.2. The van der Waals surface area contributed by atoms with Gasteiger partial charge < -0.3 is 14.2 Å². The average molecular weight is 237 g/mol. The Morgan fingerprint density at radius 2 is 1.94 bits per heavy atom. The molecule has 1 aromatic rings. The maximum atomic E-state index is 5.79. The molecule has 94 valence electrons. The third kappa shape index (κ3) is 3.51. The number of hydrogen-bond donors (Lipinski definition) is 0. The molecule has 4 heteroatoms. The van der Waals surface area contributed by atoms with E-state index in [2.05, 4.69) is 4.98 Å². The van der Waals surface area contributed by atoms with E-state index in [1.54, 1.807) is 13.2 Å². The van der Waals surface area contributed by atoms with E-state index < -0.39 is 0 Å². The number of pyridine rings is 1. The summed E-state index contributed by atoms with van der Waals surface area (Å²) >= 11 is 0. The first-order valence-electron chi connectivity index (χ1n) is 5.88. The van der Waals surface area contributed by atoms with Gasteiger partial charge in [0.15, 0.2) is 5.75 Å². The molecule has 0 unspecified atom stereocenters. The highest BCUT2D eigenvalue weighted by atomic mass is 16.5. The fourth-order valence-corrected chi connectivity index (χ4v) is 1.34. The van der Waals surface area contributed by atoms with Gasteiger partial charge in [-0.3, -0.25) is 0 Å². The lowest BCUT2D eigenvalue weighted by molar-refractivity contribution is 0.114. The van der Waals surface area contributed by atoms with Gasteiger partial charge in [0.25, 0.3) is 5.88 Å². The van der Waals surface area contributed by atoms with Crippen LogP contribution in [0, 0.1) is 0 Å². The minimum atomic E-state index is -0.305. The van der Waals surface area contributed by atoms with Crippen molar-refractivity contribution < 1.29 is 14.2 Å². The van der Waals surface area contributed by atoms with Crippen LogP contribution in [0.2, 0.25) is 0 Å². The lowest BCUT2D eigenvalue weighted by Gasteiger charge is -2.22. The molecule has 0 bridgehead atoms. The molecule has 1 aliphatic carbocycles. The topological polar surface area (TPSA) is 40.6 Å². The van der Waals surface area contributed by atoms with Gasteiger partial charge in [-0.15, -0.1) is 0 Å². The largest absolute Gasteiger partial charge is 0.485 e. The summed E-state index contributed by atoms with van der Waals surface area (Å²) in [5.74, 6) is 1.74. The Hall–Kier alpha value is -1.45. The molecule has 0 aliphatic heterocycles. The van der Waals surface area contributed by atoms with Crippen LogP contribution in [0.15, 0.2) is 12.1 Å². The van der Waals surface area contributed by atoms with Crippen molar-refractivity contribution in [2.24, 2.45) is 0 Å². The molecular weight excluding hydrogens is 218 g/mol. The molecule has 1 aliphatic rings. The van der Waals surface area contributed by atoms with Gasteiger partial charge >= 0.3 is 0 Å². The van der Waals surface area contributed by atoms with Crippen LogP contribution in [0.25, 0.3) is 0 Å². The zero-order chi connectivity index (χ0) is 12.5. The molecule has 2 rings (SSSR count). The highest BCUT2D eigenvalue weighted by Gasteiger charge is 2.26. The van der Waals surface area contributed by atoms with Crippen molar-refractivity contribution >= 4 is 0 Å². The first-order valence-corrected chi connectivity index (χ1v) is 5.88. The van der Waals surface area contributed by atoms with Gasteiger partial charge in [-0.25, -0.2) is 0 Å². The zero-order valence-electron chi connectivity index (χ0n) is 10.8. The minimum Gasteiger partial charge on any atom is -0.485 e. The summed E-state index contributed by atoms with van der Waals surface area (Å²) in [6, 6.07) is 3.64. The highest BCUT2D eigenvalue weighted by Crippen LogP contribution is 2.35. The Kier molecular flexibility index (Phi) is 3.13. The summed E-state index contributed by atoms with van der Waals surface area (Å²) in [5.41, 5.74) is -0.305. The molecule has 1 saturated carbocycles.